The summed E-state index contributed by atoms with van der Waals surface area (Å²) in [5.74, 6) is 0.0669. The molecule has 3 heteroatoms. The fourth-order valence-electron chi connectivity index (χ4n) is 1.26. The number of ether oxygens (including phenoxy) is 2. The molecule has 0 amide bonds. The lowest BCUT2D eigenvalue weighted by Crippen LogP contribution is -2.26. The minimum atomic E-state index is -0.437. The van der Waals surface area contributed by atoms with E-state index in [1.54, 1.807) is 0 Å². The number of allylic oxidation sites excluding steroid dienone is 1. The molecule has 12 heavy (non-hydrogen) atoms. The van der Waals surface area contributed by atoms with Gasteiger partial charge in [0.25, 0.3) is 0 Å². The van der Waals surface area contributed by atoms with Crippen molar-refractivity contribution in [2.45, 2.75) is 31.7 Å². The van der Waals surface area contributed by atoms with Crippen LogP contribution in [0, 0.1) is 0 Å². The summed E-state index contributed by atoms with van der Waals surface area (Å²) >= 11 is 5.64. The van der Waals surface area contributed by atoms with Gasteiger partial charge in [-0.2, -0.15) is 0 Å². The Morgan fingerprint density at radius 1 is 1.75 bits per heavy atom. The van der Waals surface area contributed by atoms with Crippen LogP contribution in [0.4, 0.5) is 0 Å². The molecule has 2 atom stereocenters. The first-order valence-corrected chi connectivity index (χ1v) is 4.72. The summed E-state index contributed by atoms with van der Waals surface area (Å²) in [6.45, 7) is 6.21. The van der Waals surface area contributed by atoms with E-state index >= 15 is 0 Å². The van der Waals surface area contributed by atoms with Crippen LogP contribution < -0.4 is 0 Å². The molecule has 0 aromatic heterocycles. The van der Waals surface area contributed by atoms with Crippen LogP contribution >= 0.6 is 11.6 Å². The second kappa shape index (κ2) is 4.26. The number of halogens is 1. The van der Waals surface area contributed by atoms with Crippen molar-refractivity contribution in [3.8, 4) is 0 Å². The van der Waals surface area contributed by atoms with E-state index in [2.05, 4.69) is 6.58 Å². The molecular weight excluding hydrogens is 176 g/mol. The lowest BCUT2D eigenvalue weighted by Gasteiger charge is -2.22. The molecule has 2 nitrogen and oxygen atoms in total. The molecule has 1 aliphatic heterocycles. The molecule has 1 heterocycles. The fraction of sp³-hybridized carbons (Fsp3) is 0.778. The topological polar surface area (TPSA) is 18.5 Å². The van der Waals surface area contributed by atoms with Gasteiger partial charge in [0.1, 0.15) is 0 Å². The van der Waals surface area contributed by atoms with E-state index in [0.29, 0.717) is 12.5 Å². The van der Waals surface area contributed by atoms with Crippen molar-refractivity contribution in [2.75, 3.05) is 12.5 Å². The molecule has 1 rings (SSSR count). The van der Waals surface area contributed by atoms with Crippen molar-refractivity contribution in [3.63, 3.8) is 0 Å². The fourth-order valence-corrected chi connectivity index (χ4v) is 1.41. The van der Waals surface area contributed by atoms with Crippen molar-refractivity contribution < 1.29 is 9.47 Å². The van der Waals surface area contributed by atoms with E-state index in [1.165, 1.54) is 0 Å². The number of hydrogen-bond acceptors (Lipinski definition) is 2. The van der Waals surface area contributed by atoms with Crippen LogP contribution in [0.2, 0.25) is 0 Å². The van der Waals surface area contributed by atoms with Gasteiger partial charge in [-0.1, -0.05) is 6.08 Å². The molecule has 0 aliphatic carbocycles. The van der Waals surface area contributed by atoms with E-state index in [1.807, 2.05) is 13.0 Å². The molecule has 70 valence electrons. The standard InChI is InChI=1S/C9H15ClO2/c1-3-4-5-9(2)11-7-8(6-10)12-9/h3,8H,1,4-7H2,2H3/t8-,9-/m1/s1. The maximum Gasteiger partial charge on any atom is 0.166 e. The van der Waals surface area contributed by atoms with Gasteiger partial charge in [0.15, 0.2) is 5.79 Å². The largest absolute Gasteiger partial charge is 0.347 e. The smallest absolute Gasteiger partial charge is 0.166 e. The van der Waals surface area contributed by atoms with E-state index < -0.39 is 5.79 Å². The molecule has 0 aromatic rings. The summed E-state index contributed by atoms with van der Waals surface area (Å²) in [6.07, 6.45) is 3.68. The van der Waals surface area contributed by atoms with E-state index in [0.717, 1.165) is 12.8 Å². The van der Waals surface area contributed by atoms with Crippen LogP contribution in [0.25, 0.3) is 0 Å². The third-order valence-corrected chi connectivity index (χ3v) is 2.31. The predicted octanol–water partition coefficient (Wildman–Crippen LogP) is 2.32. The van der Waals surface area contributed by atoms with Crippen molar-refractivity contribution >= 4 is 11.6 Å². The highest BCUT2D eigenvalue weighted by Crippen LogP contribution is 2.28. The first kappa shape index (κ1) is 10.0. The molecule has 0 radical (unpaired) electrons. The van der Waals surface area contributed by atoms with Gasteiger partial charge in [0.05, 0.1) is 18.6 Å². The van der Waals surface area contributed by atoms with Crippen LogP contribution in [-0.2, 0) is 9.47 Å². The Hall–Kier alpha value is -0.0500. The van der Waals surface area contributed by atoms with Gasteiger partial charge in [0.2, 0.25) is 0 Å². The van der Waals surface area contributed by atoms with Gasteiger partial charge < -0.3 is 9.47 Å². The summed E-state index contributed by atoms with van der Waals surface area (Å²) in [6, 6.07) is 0. The highest BCUT2D eigenvalue weighted by molar-refractivity contribution is 6.18. The van der Waals surface area contributed by atoms with Crippen LogP contribution in [0.15, 0.2) is 12.7 Å². The normalized spacial score (nSPS) is 35.3. The van der Waals surface area contributed by atoms with E-state index in [4.69, 9.17) is 21.1 Å². The summed E-state index contributed by atoms with van der Waals surface area (Å²) in [7, 11) is 0. The number of rotatable bonds is 4. The molecule has 0 bridgehead atoms. The van der Waals surface area contributed by atoms with Gasteiger partial charge in [-0.3, -0.25) is 0 Å². The minimum Gasteiger partial charge on any atom is -0.347 e. The molecular formula is C9H15ClO2. The van der Waals surface area contributed by atoms with Crippen LogP contribution in [-0.4, -0.2) is 24.4 Å². The zero-order chi connectivity index (χ0) is 9.03. The lowest BCUT2D eigenvalue weighted by molar-refractivity contribution is -0.155. The Morgan fingerprint density at radius 3 is 3.00 bits per heavy atom. The van der Waals surface area contributed by atoms with Crippen LogP contribution in [0.3, 0.4) is 0 Å². The Kier molecular flexibility index (Phi) is 3.56. The Bertz CT molecular complexity index is 161. The van der Waals surface area contributed by atoms with Gasteiger partial charge in [0, 0.05) is 6.42 Å². The van der Waals surface area contributed by atoms with Crippen LogP contribution in [0.1, 0.15) is 19.8 Å². The third-order valence-electron chi connectivity index (χ3n) is 1.97. The number of hydrogen-bond donors (Lipinski definition) is 0. The van der Waals surface area contributed by atoms with Gasteiger partial charge >= 0.3 is 0 Å². The maximum absolute atomic E-state index is 5.64. The molecule has 0 N–H and O–H groups in total. The first-order valence-electron chi connectivity index (χ1n) is 4.19. The molecule has 1 saturated heterocycles. The zero-order valence-electron chi connectivity index (χ0n) is 7.38. The highest BCUT2D eigenvalue weighted by atomic mass is 35.5. The van der Waals surface area contributed by atoms with Crippen LogP contribution in [0.5, 0.6) is 0 Å². The molecule has 0 aromatic carbocycles. The molecule has 0 unspecified atom stereocenters. The monoisotopic (exact) mass is 190 g/mol. The Labute approximate surface area is 78.5 Å². The van der Waals surface area contributed by atoms with Gasteiger partial charge in [-0.05, 0) is 13.3 Å². The predicted molar refractivity (Wildman–Crippen MR) is 49.4 cm³/mol. The molecule has 1 aliphatic rings. The summed E-state index contributed by atoms with van der Waals surface area (Å²) < 4.78 is 11.1. The van der Waals surface area contributed by atoms with Gasteiger partial charge in [-0.15, -0.1) is 18.2 Å². The third kappa shape index (κ3) is 2.47. The molecule has 1 fully saturated rings. The van der Waals surface area contributed by atoms with Crippen molar-refractivity contribution in [1.29, 1.82) is 0 Å². The highest BCUT2D eigenvalue weighted by Gasteiger charge is 2.35. The molecule has 0 spiro atoms. The maximum atomic E-state index is 5.64. The minimum absolute atomic E-state index is 0.0569. The van der Waals surface area contributed by atoms with Crippen molar-refractivity contribution in [2.24, 2.45) is 0 Å². The summed E-state index contributed by atoms with van der Waals surface area (Å²) in [4.78, 5) is 0. The molecule has 0 saturated carbocycles. The Balaban J connectivity index is 2.35. The SMILES string of the molecule is C=CCC[C@]1(C)OC[C@@H](CCl)O1. The average molecular weight is 191 g/mol. The second-order valence-corrected chi connectivity index (χ2v) is 3.47. The summed E-state index contributed by atoms with van der Waals surface area (Å²) in [5.41, 5.74) is 0. The lowest BCUT2D eigenvalue weighted by atomic mass is 10.2. The second-order valence-electron chi connectivity index (χ2n) is 3.17. The zero-order valence-corrected chi connectivity index (χ0v) is 8.14. The number of alkyl halides is 1. The quantitative estimate of drug-likeness (QED) is 0.501. The van der Waals surface area contributed by atoms with Crippen molar-refractivity contribution in [1.82, 2.24) is 0 Å². The first-order chi connectivity index (χ1) is 5.70. The Morgan fingerprint density at radius 2 is 2.50 bits per heavy atom. The average Bonchev–Trinajstić information content (AvgIpc) is 2.45. The van der Waals surface area contributed by atoms with Crippen molar-refractivity contribution in [3.05, 3.63) is 12.7 Å². The van der Waals surface area contributed by atoms with Gasteiger partial charge in [-0.25, -0.2) is 0 Å². The summed E-state index contributed by atoms with van der Waals surface area (Å²) in [5, 5.41) is 0. The van der Waals surface area contributed by atoms with E-state index in [9.17, 15) is 0 Å². The van der Waals surface area contributed by atoms with E-state index in [-0.39, 0.29) is 6.10 Å².